The van der Waals surface area contributed by atoms with E-state index in [1.54, 1.807) is 6.07 Å². The van der Waals surface area contributed by atoms with Crippen LogP contribution < -0.4 is 10.6 Å². The lowest BCUT2D eigenvalue weighted by Gasteiger charge is -2.20. The minimum Gasteiger partial charge on any atom is -0.346 e. The molecule has 2 aromatic carbocycles. The first-order chi connectivity index (χ1) is 13.5. The van der Waals surface area contributed by atoms with Gasteiger partial charge in [-0.1, -0.05) is 44.2 Å². The quantitative estimate of drug-likeness (QED) is 0.614. The van der Waals surface area contributed by atoms with Crippen molar-refractivity contribution in [2.45, 2.75) is 38.8 Å². The topological polar surface area (TPSA) is 86.9 Å². The molecule has 3 N–H and O–H groups in total. The van der Waals surface area contributed by atoms with Crippen molar-refractivity contribution in [2.75, 3.05) is 0 Å². The predicted octanol–water partition coefficient (Wildman–Crippen LogP) is 3.64. The minimum absolute atomic E-state index is 0.104. The Morgan fingerprint density at radius 2 is 1.89 bits per heavy atom. The molecule has 2 amide bonds. The van der Waals surface area contributed by atoms with E-state index in [4.69, 9.17) is 0 Å². The molecule has 1 aromatic heterocycles. The van der Waals surface area contributed by atoms with Crippen LogP contribution in [-0.4, -0.2) is 21.8 Å². The highest BCUT2D eigenvalue weighted by atomic mass is 16.2. The Balaban J connectivity index is 1.51. The summed E-state index contributed by atoms with van der Waals surface area (Å²) in [6.07, 6.45) is 0.983. The molecule has 2 atom stereocenters. The molecule has 4 rings (SSSR count). The number of benzene rings is 2. The molecule has 1 aliphatic rings. The maximum absolute atomic E-state index is 12.8. The molecule has 28 heavy (non-hydrogen) atoms. The molecule has 144 valence electrons. The van der Waals surface area contributed by atoms with Crippen LogP contribution >= 0.6 is 0 Å². The van der Waals surface area contributed by atoms with Crippen molar-refractivity contribution in [1.29, 1.82) is 0 Å². The van der Waals surface area contributed by atoms with E-state index < -0.39 is 0 Å². The number of amides is 2. The van der Waals surface area contributed by atoms with Gasteiger partial charge in [-0.3, -0.25) is 9.59 Å². The standard InChI is InChI=1S/C22H24N4O2/c1-13(2)11-19(21-24-16-9-5-6-10-17(16)25-21)23-20(27)12-18-14-7-3-4-8-15(14)22(28)26-18/h3-10,13,18-19H,11-12H2,1-2H3,(H,23,27)(H,24,25)(H,26,28)/t18-,19+/m1/s1. The van der Waals surface area contributed by atoms with E-state index in [-0.39, 0.29) is 30.3 Å². The highest BCUT2D eigenvalue weighted by Gasteiger charge is 2.30. The van der Waals surface area contributed by atoms with E-state index in [1.807, 2.05) is 42.5 Å². The third-order valence-corrected chi connectivity index (χ3v) is 5.06. The summed E-state index contributed by atoms with van der Waals surface area (Å²) in [5.41, 5.74) is 3.37. The lowest BCUT2D eigenvalue weighted by atomic mass is 10.0. The van der Waals surface area contributed by atoms with Crippen molar-refractivity contribution in [3.8, 4) is 0 Å². The van der Waals surface area contributed by atoms with E-state index in [0.717, 1.165) is 28.8 Å². The summed E-state index contributed by atoms with van der Waals surface area (Å²) < 4.78 is 0. The van der Waals surface area contributed by atoms with Gasteiger partial charge in [0.1, 0.15) is 5.82 Å². The Kier molecular flexibility index (Phi) is 4.86. The number of rotatable bonds is 6. The molecule has 0 saturated carbocycles. The number of aromatic nitrogens is 2. The van der Waals surface area contributed by atoms with Gasteiger partial charge in [0, 0.05) is 5.56 Å². The number of fused-ring (bicyclic) bond motifs is 2. The monoisotopic (exact) mass is 376 g/mol. The SMILES string of the molecule is CC(C)C[C@H](NC(=O)C[C@H]1NC(=O)c2ccccc21)c1nc2ccccc2[nH]1. The van der Waals surface area contributed by atoms with Gasteiger partial charge in [-0.05, 0) is 36.1 Å². The Morgan fingerprint density at radius 1 is 1.14 bits per heavy atom. The van der Waals surface area contributed by atoms with Crippen LogP contribution in [0.2, 0.25) is 0 Å². The summed E-state index contributed by atoms with van der Waals surface area (Å²) in [6.45, 7) is 4.24. The second-order valence-corrected chi connectivity index (χ2v) is 7.71. The average Bonchev–Trinajstić information content (AvgIpc) is 3.23. The molecular weight excluding hydrogens is 352 g/mol. The van der Waals surface area contributed by atoms with Gasteiger partial charge in [0.05, 0.1) is 29.5 Å². The van der Waals surface area contributed by atoms with E-state index in [0.29, 0.717) is 11.5 Å². The number of H-pyrrole nitrogens is 1. The van der Waals surface area contributed by atoms with Gasteiger partial charge < -0.3 is 15.6 Å². The molecule has 0 unspecified atom stereocenters. The molecule has 0 radical (unpaired) electrons. The fourth-order valence-corrected chi connectivity index (χ4v) is 3.77. The van der Waals surface area contributed by atoms with Gasteiger partial charge in [-0.2, -0.15) is 0 Å². The van der Waals surface area contributed by atoms with Crippen LogP contribution in [-0.2, 0) is 4.79 Å². The molecule has 0 saturated heterocycles. The molecule has 1 aliphatic heterocycles. The van der Waals surface area contributed by atoms with Crippen LogP contribution in [0.5, 0.6) is 0 Å². The van der Waals surface area contributed by atoms with Crippen LogP contribution in [0.25, 0.3) is 11.0 Å². The number of hydrogen-bond donors (Lipinski definition) is 3. The summed E-state index contributed by atoms with van der Waals surface area (Å²) in [4.78, 5) is 32.9. The van der Waals surface area contributed by atoms with Crippen LogP contribution in [0, 0.1) is 5.92 Å². The first-order valence-electron chi connectivity index (χ1n) is 9.65. The van der Waals surface area contributed by atoms with Gasteiger partial charge in [0.2, 0.25) is 5.91 Å². The summed E-state index contributed by atoms with van der Waals surface area (Å²) in [6, 6.07) is 14.8. The molecule has 6 nitrogen and oxygen atoms in total. The molecule has 0 bridgehead atoms. The van der Waals surface area contributed by atoms with E-state index in [2.05, 4.69) is 34.4 Å². The Labute approximate surface area is 163 Å². The second-order valence-electron chi connectivity index (χ2n) is 7.71. The predicted molar refractivity (Wildman–Crippen MR) is 108 cm³/mol. The molecule has 6 heteroatoms. The van der Waals surface area contributed by atoms with Crippen molar-refractivity contribution in [1.82, 2.24) is 20.6 Å². The largest absolute Gasteiger partial charge is 0.346 e. The number of nitrogens with one attached hydrogen (secondary N) is 3. The smallest absolute Gasteiger partial charge is 0.252 e. The van der Waals surface area contributed by atoms with Crippen LogP contribution in [0.1, 0.15) is 60.5 Å². The van der Waals surface area contributed by atoms with Crippen molar-refractivity contribution >= 4 is 22.8 Å². The summed E-state index contributed by atoms with van der Waals surface area (Å²) in [5, 5.41) is 6.02. The van der Waals surface area contributed by atoms with Crippen LogP contribution in [0.3, 0.4) is 0 Å². The van der Waals surface area contributed by atoms with Gasteiger partial charge in [0.15, 0.2) is 0 Å². The van der Waals surface area contributed by atoms with Crippen molar-refractivity contribution in [3.05, 3.63) is 65.5 Å². The third-order valence-electron chi connectivity index (χ3n) is 5.06. The van der Waals surface area contributed by atoms with E-state index >= 15 is 0 Å². The Morgan fingerprint density at radius 3 is 2.68 bits per heavy atom. The highest BCUT2D eigenvalue weighted by Crippen LogP contribution is 2.28. The lowest BCUT2D eigenvalue weighted by molar-refractivity contribution is -0.122. The number of nitrogens with zero attached hydrogens (tertiary/aromatic N) is 1. The van der Waals surface area contributed by atoms with Crippen LogP contribution in [0.4, 0.5) is 0 Å². The molecule has 0 fully saturated rings. The first-order valence-corrected chi connectivity index (χ1v) is 9.65. The average molecular weight is 376 g/mol. The number of aromatic amines is 1. The number of para-hydroxylation sites is 2. The maximum Gasteiger partial charge on any atom is 0.252 e. The second kappa shape index (κ2) is 7.46. The zero-order valence-corrected chi connectivity index (χ0v) is 16.0. The van der Waals surface area contributed by atoms with Gasteiger partial charge in [-0.25, -0.2) is 4.98 Å². The highest BCUT2D eigenvalue weighted by molar-refractivity contribution is 5.99. The lowest BCUT2D eigenvalue weighted by Crippen LogP contribution is -2.33. The number of imidazole rings is 1. The van der Waals surface area contributed by atoms with E-state index in [1.165, 1.54) is 0 Å². The summed E-state index contributed by atoms with van der Waals surface area (Å²) in [5.74, 6) is 0.932. The number of carbonyl (C=O) groups excluding carboxylic acids is 2. The molecule has 0 aliphatic carbocycles. The fraction of sp³-hybridized carbons (Fsp3) is 0.318. The fourth-order valence-electron chi connectivity index (χ4n) is 3.77. The van der Waals surface area contributed by atoms with Gasteiger partial charge >= 0.3 is 0 Å². The van der Waals surface area contributed by atoms with Crippen LogP contribution in [0.15, 0.2) is 48.5 Å². The Bertz CT molecular complexity index is 991. The normalized spacial score (nSPS) is 16.8. The maximum atomic E-state index is 12.8. The molecule has 3 aromatic rings. The third kappa shape index (κ3) is 3.63. The number of carbonyl (C=O) groups is 2. The summed E-state index contributed by atoms with van der Waals surface area (Å²) >= 11 is 0. The zero-order valence-electron chi connectivity index (χ0n) is 16.0. The summed E-state index contributed by atoms with van der Waals surface area (Å²) in [7, 11) is 0. The van der Waals surface area contributed by atoms with Gasteiger partial charge in [-0.15, -0.1) is 0 Å². The number of hydrogen-bond acceptors (Lipinski definition) is 3. The van der Waals surface area contributed by atoms with Crippen molar-refractivity contribution in [2.24, 2.45) is 5.92 Å². The molecule has 0 spiro atoms. The van der Waals surface area contributed by atoms with Crippen molar-refractivity contribution < 1.29 is 9.59 Å². The molecular formula is C22H24N4O2. The van der Waals surface area contributed by atoms with Crippen molar-refractivity contribution in [3.63, 3.8) is 0 Å². The zero-order chi connectivity index (χ0) is 19.7. The van der Waals surface area contributed by atoms with Gasteiger partial charge in [0.25, 0.3) is 5.91 Å². The minimum atomic E-state index is -0.293. The van der Waals surface area contributed by atoms with E-state index in [9.17, 15) is 9.59 Å². The first kappa shape index (κ1) is 18.2. The Hall–Kier alpha value is -3.15. The molecule has 2 heterocycles.